The summed E-state index contributed by atoms with van der Waals surface area (Å²) in [4.78, 5) is 116. The van der Waals surface area contributed by atoms with Crippen LogP contribution in [-0.2, 0) is 105 Å². The lowest BCUT2D eigenvalue weighted by atomic mass is 9.79. The van der Waals surface area contributed by atoms with Crippen LogP contribution in [-0.4, -0.2) is 281 Å². The highest BCUT2D eigenvalue weighted by Crippen LogP contribution is 2.40. The van der Waals surface area contributed by atoms with Gasteiger partial charge in [0, 0.05) is 115 Å². The molecule has 15 atom stereocenters. The number of Topliss-reactive ketones (excluding diaryl/α,β-unsaturated/α-hetero) is 2. The number of aryl methyl sites for hydroxylation is 2. The van der Waals surface area contributed by atoms with Gasteiger partial charge in [-0.3, -0.25) is 28.8 Å². The highest BCUT2D eigenvalue weighted by molar-refractivity contribution is 6.39. The molecule has 0 spiro atoms. The number of hydrogen-bond acceptors (Lipinski definition) is 32. The number of piperidine rings is 1. The fourth-order valence-electron chi connectivity index (χ4n) is 17.2. The molecular weight excluding hydrogens is 1730 g/mol. The topological polar surface area (TPSA) is 512 Å². The van der Waals surface area contributed by atoms with Crippen LogP contribution in [0.1, 0.15) is 174 Å². The number of fused-ring (bicyclic) bond motifs is 5. The number of aliphatic hydroxyl groups is 3. The van der Waals surface area contributed by atoms with Crippen molar-refractivity contribution in [1.82, 2.24) is 60.6 Å². The molecule has 10 rings (SSSR count). The van der Waals surface area contributed by atoms with Gasteiger partial charge in [-0.05, 0) is 150 Å². The van der Waals surface area contributed by atoms with E-state index in [4.69, 9.17) is 78.9 Å². The molecule has 0 radical (unpaired) electrons. The zero-order valence-corrected chi connectivity index (χ0v) is 78.8. The monoisotopic (exact) mass is 1870 g/mol. The number of esters is 1. The third-order valence-electron chi connectivity index (χ3n) is 24.9. The first-order valence-corrected chi connectivity index (χ1v) is 47.1. The third-order valence-corrected chi connectivity index (χ3v) is 24.9. The second-order valence-corrected chi connectivity index (χ2v) is 35.2. The van der Waals surface area contributed by atoms with Crippen LogP contribution >= 0.6 is 0 Å². The highest BCUT2D eigenvalue weighted by Gasteiger charge is 2.53. The molecule has 4 aliphatic rings. The van der Waals surface area contributed by atoms with Gasteiger partial charge >= 0.3 is 5.97 Å². The predicted molar refractivity (Wildman–Crippen MR) is 498 cm³/mol. The van der Waals surface area contributed by atoms with E-state index in [0.29, 0.717) is 214 Å². The van der Waals surface area contributed by atoms with Crippen molar-refractivity contribution in [2.45, 2.75) is 237 Å². The molecule has 12 N–H and O–H groups in total. The number of benzene rings is 2. The number of ketones is 2. The lowest BCUT2D eigenvalue weighted by Crippen LogP contribution is -2.61. The Morgan fingerprint density at radius 2 is 1.40 bits per heavy atom. The molecule has 3 fully saturated rings. The number of nitrogens with one attached hydrogen (secondary N) is 3. The van der Waals surface area contributed by atoms with Crippen LogP contribution in [0.5, 0.6) is 0 Å². The summed E-state index contributed by atoms with van der Waals surface area (Å²) >= 11 is 0. The van der Waals surface area contributed by atoms with Crippen LogP contribution in [0.4, 0.5) is 11.8 Å². The quantitative estimate of drug-likeness (QED) is 0.00578. The van der Waals surface area contributed by atoms with Crippen molar-refractivity contribution in [3.8, 4) is 11.3 Å². The first kappa shape index (κ1) is 106. The predicted octanol–water partition coefficient (Wildman–Crippen LogP) is 7.84. The van der Waals surface area contributed by atoms with Crippen LogP contribution in [0.15, 0.2) is 118 Å². The minimum Gasteiger partial charge on any atom is -0.459 e. The number of carbonyl (C=O) groups is 7. The van der Waals surface area contributed by atoms with E-state index in [1.165, 1.54) is 11.2 Å². The number of aromatic nitrogens is 8. The first-order chi connectivity index (χ1) is 64.7. The van der Waals surface area contributed by atoms with Gasteiger partial charge in [-0.15, -0.1) is 5.10 Å². The number of anilines is 2. The van der Waals surface area contributed by atoms with Gasteiger partial charge in [0.2, 0.25) is 23.5 Å². The number of unbranched alkanes of at least 4 members (excludes halogenated alkanes) is 1. The van der Waals surface area contributed by atoms with Crippen molar-refractivity contribution < 1.29 is 106 Å². The Hall–Kier alpha value is -10.2. The molecule has 134 heavy (non-hydrogen) atoms. The fraction of sp³-hybridized carbons (Fsp3) is 0.625. The maximum Gasteiger partial charge on any atom is 0.329 e. The Morgan fingerprint density at radius 3 is 2.09 bits per heavy atom. The number of oxazole rings is 1. The van der Waals surface area contributed by atoms with Crippen LogP contribution < -0.4 is 33.2 Å². The van der Waals surface area contributed by atoms with Crippen molar-refractivity contribution in [3.05, 3.63) is 120 Å². The van der Waals surface area contributed by atoms with E-state index in [9.17, 15) is 44.1 Å². The Bertz CT molecular complexity index is 4870. The average Bonchev–Trinajstić information content (AvgIpc) is 1.38. The number of nitrogens with two attached hydrogens (primary N) is 3. The molecule has 1 aliphatic carbocycles. The van der Waals surface area contributed by atoms with E-state index in [0.717, 1.165) is 23.1 Å². The minimum atomic E-state index is -2.51. The minimum absolute atomic E-state index is 0.0227. The molecule has 7 heterocycles. The number of amides is 4. The maximum absolute atomic E-state index is 15.2. The van der Waals surface area contributed by atoms with Crippen LogP contribution in [0, 0.1) is 29.6 Å². The van der Waals surface area contributed by atoms with Gasteiger partial charge in [0.15, 0.2) is 17.0 Å². The van der Waals surface area contributed by atoms with E-state index in [1.54, 1.807) is 58.7 Å². The van der Waals surface area contributed by atoms with E-state index >= 15 is 4.79 Å². The summed E-state index contributed by atoms with van der Waals surface area (Å²) in [6, 6.07) is 12.6. The molecule has 1 saturated carbocycles. The lowest BCUT2D eigenvalue weighted by molar-refractivity contribution is -0.265. The second kappa shape index (κ2) is 55.1. The van der Waals surface area contributed by atoms with Crippen molar-refractivity contribution in [1.29, 1.82) is 0 Å². The number of oxime groups is 1. The number of methoxy groups -OCH3 is 2. The number of rotatable bonds is 43. The summed E-state index contributed by atoms with van der Waals surface area (Å²) in [6.45, 7) is 16.1. The molecule has 2 bridgehead atoms. The third kappa shape index (κ3) is 32.5. The second-order valence-electron chi connectivity index (χ2n) is 35.2. The van der Waals surface area contributed by atoms with Gasteiger partial charge in [-0.2, -0.15) is 10.1 Å². The lowest BCUT2D eigenvalue weighted by Gasteiger charge is -2.42. The summed E-state index contributed by atoms with van der Waals surface area (Å²) in [5.41, 5.74) is 25.5. The molecular formula is C96H140N16O22. The molecule has 0 unspecified atom stereocenters. The molecule has 6 aromatic rings. The zero-order valence-electron chi connectivity index (χ0n) is 78.8. The first-order valence-electron chi connectivity index (χ1n) is 47.1. The Kier molecular flexibility index (Phi) is 43.5. The summed E-state index contributed by atoms with van der Waals surface area (Å²) in [5, 5.41) is 63.2. The summed E-state index contributed by atoms with van der Waals surface area (Å²) in [5.74, 6) is -8.40. The number of ether oxygens (including phenoxy) is 10. The van der Waals surface area contributed by atoms with Crippen molar-refractivity contribution >= 4 is 80.8 Å². The van der Waals surface area contributed by atoms with Crippen LogP contribution in [0.2, 0.25) is 0 Å². The van der Waals surface area contributed by atoms with E-state index in [-0.39, 0.29) is 118 Å². The molecule has 38 heteroatoms. The largest absolute Gasteiger partial charge is 0.459 e. The number of nitrogen functional groups attached to an aromatic ring is 2. The number of hydrogen-bond donors (Lipinski definition) is 9. The van der Waals surface area contributed by atoms with Crippen molar-refractivity contribution in [2.24, 2.45) is 40.5 Å². The van der Waals surface area contributed by atoms with Gasteiger partial charge in [0.25, 0.3) is 17.7 Å². The molecule has 38 nitrogen and oxygen atoms in total. The van der Waals surface area contributed by atoms with Crippen LogP contribution in [0.3, 0.4) is 0 Å². The number of cyclic esters (lactones) is 1. The molecule has 4 amide bonds. The average molecular weight is 1870 g/mol. The van der Waals surface area contributed by atoms with Crippen molar-refractivity contribution in [3.63, 3.8) is 0 Å². The van der Waals surface area contributed by atoms with Gasteiger partial charge in [-0.25, -0.2) is 24.1 Å². The SMILES string of the molecule is CO[C@H]1C[C@@H]2CC[C@@H](C)[C@@](O)(O2)C(=O)C(=O)N2CCCC[C@H]2C(=O)O[C@H]([C@H](N)C[C@@H]2CC[C@H](n3cc(CCCC(=O)NCCOCCOCCOCCC(=O)NCCOCCOCCOCCC(=O)NCCCCn4nc(-c5ccc6oc(N)nc6c5)c5c(N)ncnc54)nn3)[C@H](OC)C2)C/C(=N/OCc2ccccc2)[C@H](C)/C=C(\C)[C@@H](O)[C@@H](O)C(=O)[C@H](C)C[C@H](C)/C=C/C=CC=C1C. The molecule has 4 aromatic heterocycles. The number of allylic oxidation sites excluding steroid dienone is 6. The Morgan fingerprint density at radius 1 is 0.716 bits per heavy atom. The number of aliphatic hydroxyl groups excluding tert-OH is 2. The van der Waals surface area contributed by atoms with Gasteiger partial charge in [-0.1, -0.05) is 105 Å². The normalized spacial score (nSPS) is 25.3. The Labute approximate surface area is 783 Å². The van der Waals surface area contributed by atoms with E-state index < -0.39 is 89.6 Å². The van der Waals surface area contributed by atoms with Crippen molar-refractivity contribution in [2.75, 3.05) is 131 Å². The summed E-state index contributed by atoms with van der Waals surface area (Å²) in [6.07, 6.45) is 16.3. The summed E-state index contributed by atoms with van der Waals surface area (Å²) < 4.78 is 67.5. The highest BCUT2D eigenvalue weighted by atomic mass is 16.6. The standard InChI is InChI=1S/C96H140N16O22/c1-62-20-11-9-12-21-63(2)79(123-7)57-72-30-27-67(6)96(122,134-72)90(119)93(120)110-38-17-15-25-77(110)94(121)132-80(58-74(108-131-60-68-22-13-10-14-23-68)64(3)53-66(5)88(117)89(118)87(116)65(4)52-62)73(97)54-69-28-31-76(81(55-69)124-8)112-59-71(106-109-112)24-19-26-82(113)101-36-42-127-46-50-130-49-45-126-41-34-84(115)102-37-43-128-47-51-129-48-44-125-40-33-83(114)100-35-16-18-39-111-92-85(91(98)103-61-104-92)86(107-111)70-29-32-78-75(56-70)105-95(99)133-78/h9-14,20-23,29,32,53,56,59,61-62,64-65,67,69,72-73,76-77,79-81,88-89,117-118,122H,15-19,24-28,30-31,33-52,54-55,57-58,60,97H2,1-8H3,(H2,99,105)(H,100,114)(H,101,113)(H,102,115)(H2,98,103,104)/b12-9?,20-11+,63-21?,66-53+,108-74-/t62-,64-,65-,67-,69+,72+,73-,76+,77+,79+,80+,81-,88-,89+,96-/m1/s1. The van der Waals surface area contributed by atoms with Gasteiger partial charge in [0.1, 0.15) is 54.3 Å². The van der Waals surface area contributed by atoms with Gasteiger partial charge in [0.05, 0.1) is 120 Å². The Balaban J connectivity index is 0.595. The fourth-order valence-corrected chi connectivity index (χ4v) is 17.2. The summed E-state index contributed by atoms with van der Waals surface area (Å²) in [7, 11) is 3.20. The number of nitrogens with zero attached hydrogens (tertiary/aromatic N) is 10. The van der Waals surface area contributed by atoms with E-state index in [1.807, 2.05) is 97.6 Å². The molecule has 3 aliphatic heterocycles. The molecule has 2 saturated heterocycles. The van der Waals surface area contributed by atoms with Gasteiger partial charge < -0.3 is 110 Å². The molecule has 736 valence electrons. The number of carbonyl (C=O) groups excluding carboxylic acids is 7. The zero-order chi connectivity index (χ0) is 95.9. The smallest absolute Gasteiger partial charge is 0.329 e. The van der Waals surface area contributed by atoms with E-state index in [2.05, 4.69) is 46.4 Å². The molecule has 2 aromatic carbocycles. The maximum atomic E-state index is 15.2. The van der Waals surface area contributed by atoms with Crippen LogP contribution in [0.25, 0.3) is 33.4 Å².